The van der Waals surface area contributed by atoms with Crippen molar-refractivity contribution in [3.05, 3.63) is 83.3 Å². The lowest BCUT2D eigenvalue weighted by molar-refractivity contribution is 0.246. The van der Waals surface area contributed by atoms with Gasteiger partial charge in [-0.3, -0.25) is 0 Å². The lowest BCUT2D eigenvalue weighted by Gasteiger charge is -2.12. The van der Waals surface area contributed by atoms with Gasteiger partial charge < -0.3 is 9.47 Å². The fraction of sp³-hybridized carbons (Fsp3) is 0.111. The Hall–Kier alpha value is -2.59. The molecule has 0 aliphatic carbocycles. The Bertz CT molecular complexity index is 751. The summed E-state index contributed by atoms with van der Waals surface area (Å²) in [6, 6.07) is 19.6. The summed E-state index contributed by atoms with van der Waals surface area (Å²) in [5.74, 6) is 0.693. The molecule has 0 aliphatic rings. The van der Waals surface area contributed by atoms with Crippen molar-refractivity contribution >= 4 is 11.6 Å². The number of nitrogens with zero attached hydrogens (tertiary/aromatic N) is 2. The standard InChI is InChI=1S/C18H15ClN2O2/c19-17-16(22-11-14-7-3-1-4-8-14)18(21-13-20-17)23-12-15-9-5-2-6-10-15/h1-10,13H,11-12H2. The number of aromatic nitrogens is 2. The maximum absolute atomic E-state index is 6.12. The Morgan fingerprint density at radius 3 is 1.91 bits per heavy atom. The van der Waals surface area contributed by atoms with Crippen LogP contribution in [-0.4, -0.2) is 9.97 Å². The van der Waals surface area contributed by atoms with Gasteiger partial charge in [0.2, 0.25) is 5.75 Å². The molecule has 0 amide bonds. The quantitative estimate of drug-likeness (QED) is 0.634. The summed E-state index contributed by atoms with van der Waals surface area (Å²) in [7, 11) is 0. The van der Waals surface area contributed by atoms with Gasteiger partial charge in [-0.1, -0.05) is 72.3 Å². The first-order chi connectivity index (χ1) is 11.3. The van der Waals surface area contributed by atoms with Crippen LogP contribution in [0.5, 0.6) is 11.6 Å². The van der Waals surface area contributed by atoms with Crippen molar-refractivity contribution in [1.29, 1.82) is 0 Å². The molecule has 0 N–H and O–H groups in total. The zero-order valence-electron chi connectivity index (χ0n) is 12.4. The Morgan fingerprint density at radius 1 is 0.739 bits per heavy atom. The third-order valence-corrected chi connectivity index (χ3v) is 3.44. The van der Waals surface area contributed by atoms with Crippen LogP contribution in [0.2, 0.25) is 5.15 Å². The van der Waals surface area contributed by atoms with E-state index in [0.29, 0.717) is 24.8 Å². The molecule has 0 saturated carbocycles. The molecule has 0 saturated heterocycles. The van der Waals surface area contributed by atoms with Gasteiger partial charge in [0.15, 0.2) is 5.15 Å². The fourth-order valence-corrected chi connectivity index (χ4v) is 2.20. The minimum Gasteiger partial charge on any atom is -0.481 e. The summed E-state index contributed by atoms with van der Waals surface area (Å²) >= 11 is 6.12. The number of rotatable bonds is 6. The highest BCUT2D eigenvalue weighted by atomic mass is 35.5. The first-order valence-corrected chi connectivity index (χ1v) is 7.54. The number of hydrogen-bond acceptors (Lipinski definition) is 4. The number of hydrogen-bond donors (Lipinski definition) is 0. The summed E-state index contributed by atoms with van der Waals surface area (Å²) < 4.78 is 11.5. The van der Waals surface area contributed by atoms with Gasteiger partial charge in [0.25, 0.3) is 5.88 Å². The van der Waals surface area contributed by atoms with Crippen LogP contribution in [0.1, 0.15) is 11.1 Å². The summed E-state index contributed by atoms with van der Waals surface area (Å²) in [5.41, 5.74) is 2.07. The van der Waals surface area contributed by atoms with Crippen LogP contribution in [-0.2, 0) is 13.2 Å². The van der Waals surface area contributed by atoms with Crippen molar-refractivity contribution in [3.8, 4) is 11.6 Å². The highest BCUT2D eigenvalue weighted by Gasteiger charge is 2.13. The Morgan fingerprint density at radius 2 is 1.30 bits per heavy atom. The molecule has 2 aromatic carbocycles. The summed E-state index contributed by atoms with van der Waals surface area (Å²) in [6.45, 7) is 0.755. The molecular weight excluding hydrogens is 312 g/mol. The Balaban J connectivity index is 1.71. The third kappa shape index (κ3) is 4.20. The van der Waals surface area contributed by atoms with Gasteiger partial charge in [0.1, 0.15) is 19.5 Å². The maximum atomic E-state index is 6.12. The van der Waals surface area contributed by atoms with E-state index in [1.54, 1.807) is 0 Å². The SMILES string of the molecule is Clc1ncnc(OCc2ccccc2)c1OCc1ccccc1. The molecule has 23 heavy (non-hydrogen) atoms. The van der Waals surface area contributed by atoms with E-state index in [4.69, 9.17) is 21.1 Å². The molecule has 1 heterocycles. The van der Waals surface area contributed by atoms with Crippen LogP contribution in [0.3, 0.4) is 0 Å². The normalized spacial score (nSPS) is 10.3. The van der Waals surface area contributed by atoms with E-state index in [2.05, 4.69) is 9.97 Å². The van der Waals surface area contributed by atoms with E-state index in [0.717, 1.165) is 11.1 Å². The molecule has 0 atom stereocenters. The predicted octanol–water partition coefficient (Wildman–Crippen LogP) is 4.29. The molecule has 3 rings (SSSR count). The van der Waals surface area contributed by atoms with E-state index < -0.39 is 0 Å². The van der Waals surface area contributed by atoms with Crippen molar-refractivity contribution in [3.63, 3.8) is 0 Å². The molecule has 0 aliphatic heterocycles. The second kappa shape index (κ2) is 7.61. The molecule has 5 heteroatoms. The average Bonchev–Trinajstić information content (AvgIpc) is 2.61. The second-order valence-corrected chi connectivity index (χ2v) is 5.21. The van der Waals surface area contributed by atoms with E-state index in [1.165, 1.54) is 6.33 Å². The molecule has 0 radical (unpaired) electrons. The van der Waals surface area contributed by atoms with Gasteiger partial charge in [-0.25, -0.2) is 4.98 Å². The van der Waals surface area contributed by atoms with Crippen LogP contribution in [0.4, 0.5) is 0 Å². The van der Waals surface area contributed by atoms with Crippen LogP contribution < -0.4 is 9.47 Å². The number of halogens is 1. The molecule has 3 aromatic rings. The van der Waals surface area contributed by atoms with E-state index in [9.17, 15) is 0 Å². The van der Waals surface area contributed by atoms with Gasteiger partial charge in [-0.05, 0) is 11.1 Å². The lowest BCUT2D eigenvalue weighted by Crippen LogP contribution is -2.03. The number of benzene rings is 2. The maximum Gasteiger partial charge on any atom is 0.262 e. The molecule has 1 aromatic heterocycles. The highest BCUT2D eigenvalue weighted by Crippen LogP contribution is 2.32. The Labute approximate surface area is 139 Å². The van der Waals surface area contributed by atoms with Crippen LogP contribution >= 0.6 is 11.6 Å². The molecule has 116 valence electrons. The minimum atomic E-state index is 0.235. The zero-order chi connectivity index (χ0) is 15.9. The first kappa shape index (κ1) is 15.3. The van der Waals surface area contributed by atoms with Crippen LogP contribution in [0, 0.1) is 0 Å². The van der Waals surface area contributed by atoms with Gasteiger partial charge in [0.05, 0.1) is 0 Å². The lowest BCUT2D eigenvalue weighted by atomic mass is 10.2. The molecule has 4 nitrogen and oxygen atoms in total. The van der Waals surface area contributed by atoms with Gasteiger partial charge in [-0.2, -0.15) is 4.98 Å². The molecule has 0 bridgehead atoms. The van der Waals surface area contributed by atoms with Crippen LogP contribution in [0.15, 0.2) is 67.0 Å². The highest BCUT2D eigenvalue weighted by molar-refractivity contribution is 6.31. The summed E-state index contributed by atoms with van der Waals surface area (Å²) in [4.78, 5) is 8.08. The average molecular weight is 327 g/mol. The van der Waals surface area contributed by atoms with Crippen molar-refractivity contribution in [1.82, 2.24) is 9.97 Å². The van der Waals surface area contributed by atoms with Crippen molar-refractivity contribution in [2.75, 3.05) is 0 Å². The van der Waals surface area contributed by atoms with Gasteiger partial charge in [0, 0.05) is 0 Å². The summed E-state index contributed by atoms with van der Waals surface area (Å²) in [6.07, 6.45) is 1.36. The van der Waals surface area contributed by atoms with Crippen LogP contribution in [0.25, 0.3) is 0 Å². The zero-order valence-corrected chi connectivity index (χ0v) is 13.1. The largest absolute Gasteiger partial charge is 0.481 e. The number of ether oxygens (including phenoxy) is 2. The Kier molecular flexibility index (Phi) is 5.06. The van der Waals surface area contributed by atoms with E-state index in [-0.39, 0.29) is 5.15 Å². The van der Waals surface area contributed by atoms with Gasteiger partial charge >= 0.3 is 0 Å². The molecule has 0 spiro atoms. The van der Waals surface area contributed by atoms with Crippen molar-refractivity contribution < 1.29 is 9.47 Å². The predicted molar refractivity (Wildman–Crippen MR) is 88.6 cm³/mol. The van der Waals surface area contributed by atoms with Gasteiger partial charge in [-0.15, -0.1) is 0 Å². The molecule has 0 unspecified atom stereocenters. The third-order valence-electron chi connectivity index (χ3n) is 3.17. The first-order valence-electron chi connectivity index (χ1n) is 7.17. The van der Waals surface area contributed by atoms with Crippen molar-refractivity contribution in [2.45, 2.75) is 13.2 Å². The van der Waals surface area contributed by atoms with E-state index >= 15 is 0 Å². The fourth-order valence-electron chi connectivity index (χ4n) is 2.02. The minimum absolute atomic E-state index is 0.235. The van der Waals surface area contributed by atoms with Crippen molar-refractivity contribution in [2.24, 2.45) is 0 Å². The topological polar surface area (TPSA) is 44.2 Å². The monoisotopic (exact) mass is 326 g/mol. The molecular formula is C18H15ClN2O2. The summed E-state index contributed by atoms with van der Waals surface area (Å²) in [5, 5.41) is 0.235. The van der Waals surface area contributed by atoms with E-state index in [1.807, 2.05) is 60.7 Å². The smallest absolute Gasteiger partial charge is 0.262 e. The second-order valence-electron chi connectivity index (χ2n) is 4.85. The molecule has 0 fully saturated rings.